The lowest BCUT2D eigenvalue weighted by atomic mass is 10.0. The van der Waals surface area contributed by atoms with E-state index < -0.39 is 6.10 Å². The molecule has 0 saturated carbocycles. The molecule has 0 aliphatic carbocycles. The summed E-state index contributed by atoms with van der Waals surface area (Å²) in [6.07, 6.45) is 95.7. The van der Waals surface area contributed by atoms with E-state index in [0.717, 1.165) is 103 Å². The maximum Gasteiger partial charge on any atom is 0.306 e. The van der Waals surface area contributed by atoms with Crippen molar-refractivity contribution < 1.29 is 28.6 Å². The summed E-state index contributed by atoms with van der Waals surface area (Å²) in [4.78, 5) is 38.5. The van der Waals surface area contributed by atoms with E-state index in [9.17, 15) is 14.4 Å². The van der Waals surface area contributed by atoms with E-state index in [1.807, 2.05) is 0 Å². The lowest BCUT2D eigenvalue weighted by Crippen LogP contribution is -2.30. The van der Waals surface area contributed by atoms with Crippen molar-refractivity contribution in [1.29, 1.82) is 0 Å². The van der Waals surface area contributed by atoms with Gasteiger partial charge in [-0.2, -0.15) is 0 Å². The molecule has 0 fully saturated rings. The molecule has 1 unspecified atom stereocenters. The molecule has 0 aliphatic rings. The number of esters is 3. The highest BCUT2D eigenvalue weighted by atomic mass is 16.6. The van der Waals surface area contributed by atoms with Crippen molar-refractivity contribution in [3.05, 3.63) is 97.2 Å². The molecule has 478 valence electrons. The summed E-state index contributed by atoms with van der Waals surface area (Å²) in [7, 11) is 0. The second-order valence-corrected chi connectivity index (χ2v) is 23.8. The first-order valence-electron chi connectivity index (χ1n) is 35.7. The highest BCUT2D eigenvalue weighted by Gasteiger charge is 2.19. The molecule has 0 rings (SSSR count). The highest BCUT2D eigenvalue weighted by molar-refractivity contribution is 5.71. The van der Waals surface area contributed by atoms with Gasteiger partial charge in [0.15, 0.2) is 6.10 Å². The molecule has 0 aromatic heterocycles. The topological polar surface area (TPSA) is 78.9 Å². The van der Waals surface area contributed by atoms with Crippen molar-refractivity contribution in [2.75, 3.05) is 13.2 Å². The van der Waals surface area contributed by atoms with E-state index in [0.29, 0.717) is 19.3 Å². The monoisotopic (exact) mass is 1160 g/mol. The van der Waals surface area contributed by atoms with Crippen molar-refractivity contribution >= 4 is 17.9 Å². The van der Waals surface area contributed by atoms with Gasteiger partial charge < -0.3 is 14.2 Å². The molecule has 0 aliphatic heterocycles. The fourth-order valence-corrected chi connectivity index (χ4v) is 10.2. The molecule has 0 aromatic carbocycles. The van der Waals surface area contributed by atoms with Gasteiger partial charge in [-0.15, -0.1) is 0 Å². The highest BCUT2D eigenvalue weighted by Crippen LogP contribution is 2.17. The van der Waals surface area contributed by atoms with Crippen molar-refractivity contribution in [1.82, 2.24) is 0 Å². The minimum atomic E-state index is -0.784. The van der Waals surface area contributed by atoms with Gasteiger partial charge in [0.05, 0.1) is 0 Å². The largest absolute Gasteiger partial charge is 0.462 e. The first-order chi connectivity index (χ1) is 41.0. The molecule has 83 heavy (non-hydrogen) atoms. The maximum absolute atomic E-state index is 12.9. The average molecular weight is 1160 g/mol. The first-order valence-corrected chi connectivity index (χ1v) is 35.7. The van der Waals surface area contributed by atoms with E-state index in [1.54, 1.807) is 0 Å². The van der Waals surface area contributed by atoms with Crippen LogP contribution in [0, 0.1) is 0 Å². The van der Waals surface area contributed by atoms with E-state index in [2.05, 4.69) is 118 Å². The van der Waals surface area contributed by atoms with Crippen LogP contribution in [0.15, 0.2) is 97.2 Å². The van der Waals surface area contributed by atoms with Crippen LogP contribution in [-0.4, -0.2) is 37.2 Å². The van der Waals surface area contributed by atoms with Gasteiger partial charge in [-0.05, 0) is 122 Å². The lowest BCUT2D eigenvalue weighted by molar-refractivity contribution is -0.167. The number of ether oxygens (including phenoxy) is 3. The van der Waals surface area contributed by atoms with Crippen molar-refractivity contribution in [2.24, 2.45) is 0 Å². The van der Waals surface area contributed by atoms with Gasteiger partial charge in [0, 0.05) is 19.3 Å². The van der Waals surface area contributed by atoms with Crippen LogP contribution in [0.3, 0.4) is 0 Å². The van der Waals surface area contributed by atoms with Gasteiger partial charge in [0.25, 0.3) is 0 Å². The molecule has 0 radical (unpaired) electrons. The molecule has 0 saturated heterocycles. The summed E-state index contributed by atoms with van der Waals surface area (Å²) in [6.45, 7) is 6.53. The summed E-state index contributed by atoms with van der Waals surface area (Å²) < 4.78 is 17.0. The van der Waals surface area contributed by atoms with Gasteiger partial charge in [0.1, 0.15) is 13.2 Å². The maximum atomic E-state index is 12.9. The van der Waals surface area contributed by atoms with Crippen LogP contribution in [-0.2, 0) is 28.6 Å². The number of allylic oxidation sites excluding steroid dienone is 16. The zero-order chi connectivity index (χ0) is 59.9. The summed E-state index contributed by atoms with van der Waals surface area (Å²) >= 11 is 0. The Morgan fingerprint density at radius 1 is 0.253 bits per heavy atom. The zero-order valence-electron chi connectivity index (χ0n) is 54.9. The Hall–Kier alpha value is -3.67. The summed E-state index contributed by atoms with van der Waals surface area (Å²) in [5.74, 6) is -0.874. The summed E-state index contributed by atoms with van der Waals surface area (Å²) in [5.41, 5.74) is 0. The van der Waals surface area contributed by atoms with Gasteiger partial charge in [-0.1, -0.05) is 311 Å². The number of rotatable bonds is 65. The molecule has 0 spiro atoms. The Bertz CT molecular complexity index is 1610. The smallest absolute Gasteiger partial charge is 0.306 e. The molecule has 0 heterocycles. The fraction of sp³-hybridized carbons (Fsp3) is 0.753. The predicted octanol–water partition coefficient (Wildman–Crippen LogP) is 24.8. The Balaban J connectivity index is 4.26. The summed E-state index contributed by atoms with van der Waals surface area (Å²) in [6, 6.07) is 0. The van der Waals surface area contributed by atoms with Crippen LogP contribution < -0.4 is 0 Å². The van der Waals surface area contributed by atoms with Crippen molar-refractivity contribution in [2.45, 2.75) is 361 Å². The van der Waals surface area contributed by atoms with Gasteiger partial charge >= 0.3 is 17.9 Å². The standard InChI is InChI=1S/C77H134O6/c1-4-7-10-13-16-19-22-25-28-31-32-33-34-35-36-37-38-39-40-41-42-43-44-47-49-52-55-58-61-64-67-70-76(79)82-73-74(83-77(80)71-68-65-62-59-56-53-50-46-30-27-24-21-18-15-12-9-6-3)72-81-75(78)69-66-63-60-57-54-51-48-45-29-26-23-20-17-14-11-8-5-2/h7,10,16,18-19,21,25-30,32-33,35-36,74H,4-6,8-9,11-15,17,20,22-24,31,34,37-73H2,1-3H3/b10-7-,19-16-,21-18-,28-25-,29-26-,30-27-,33-32-,36-35-. The number of hydrogen-bond donors (Lipinski definition) is 0. The average Bonchev–Trinajstić information content (AvgIpc) is 3.49. The molecular weight excluding hydrogens is 1020 g/mol. The molecule has 0 amide bonds. The predicted molar refractivity (Wildman–Crippen MR) is 362 cm³/mol. The van der Waals surface area contributed by atoms with Crippen LogP contribution in [0.4, 0.5) is 0 Å². The third-order valence-electron chi connectivity index (χ3n) is 15.5. The van der Waals surface area contributed by atoms with E-state index in [4.69, 9.17) is 14.2 Å². The normalized spacial score (nSPS) is 12.7. The van der Waals surface area contributed by atoms with Gasteiger partial charge in [0.2, 0.25) is 0 Å². The first kappa shape index (κ1) is 79.3. The lowest BCUT2D eigenvalue weighted by Gasteiger charge is -2.18. The minimum absolute atomic E-state index is 0.0792. The molecule has 1 atom stereocenters. The molecule has 0 bridgehead atoms. The minimum Gasteiger partial charge on any atom is -0.462 e. The number of hydrogen-bond acceptors (Lipinski definition) is 6. The molecule has 0 N–H and O–H groups in total. The molecule has 0 aromatic rings. The van der Waals surface area contributed by atoms with E-state index >= 15 is 0 Å². The third kappa shape index (κ3) is 69.0. The van der Waals surface area contributed by atoms with Crippen LogP contribution in [0.2, 0.25) is 0 Å². The quantitative estimate of drug-likeness (QED) is 0.0261. The Labute approximate surface area is 515 Å². The van der Waals surface area contributed by atoms with E-state index in [-0.39, 0.29) is 31.1 Å². The molecule has 6 nitrogen and oxygen atoms in total. The van der Waals surface area contributed by atoms with Gasteiger partial charge in [-0.3, -0.25) is 14.4 Å². The van der Waals surface area contributed by atoms with Crippen LogP contribution >= 0.6 is 0 Å². The second-order valence-electron chi connectivity index (χ2n) is 23.8. The molecular formula is C77H134O6. The summed E-state index contributed by atoms with van der Waals surface area (Å²) in [5, 5.41) is 0. The second kappa shape index (κ2) is 70.8. The van der Waals surface area contributed by atoms with Crippen molar-refractivity contribution in [3.63, 3.8) is 0 Å². The fourth-order valence-electron chi connectivity index (χ4n) is 10.2. The SMILES string of the molecule is CC/C=C\C/C=C\C/C=C\C/C=C\C/C=C\CCCCCCCCCCCCCCCCCC(=O)OCC(COC(=O)CCCCCCCCC/C=C\CCCCCCCC)OC(=O)CCCCCCCCC/C=C\C/C=C\CCCCC. The van der Waals surface area contributed by atoms with Crippen LogP contribution in [0.5, 0.6) is 0 Å². The van der Waals surface area contributed by atoms with E-state index in [1.165, 1.54) is 212 Å². The van der Waals surface area contributed by atoms with Gasteiger partial charge in [-0.25, -0.2) is 0 Å². The zero-order valence-corrected chi connectivity index (χ0v) is 54.9. The number of carbonyl (C=O) groups excluding carboxylic acids is 3. The third-order valence-corrected chi connectivity index (χ3v) is 15.5. The van der Waals surface area contributed by atoms with Crippen molar-refractivity contribution in [3.8, 4) is 0 Å². The number of carbonyl (C=O) groups is 3. The van der Waals surface area contributed by atoms with Crippen LogP contribution in [0.1, 0.15) is 355 Å². The Kier molecular flexibility index (Phi) is 67.7. The number of unbranched alkanes of at least 4 members (excludes halogenated alkanes) is 38. The molecule has 6 heteroatoms. The Morgan fingerprint density at radius 2 is 0.470 bits per heavy atom. The Morgan fingerprint density at radius 3 is 0.771 bits per heavy atom. The van der Waals surface area contributed by atoms with Crippen LogP contribution in [0.25, 0.3) is 0 Å².